The number of hydrogen-bond donors (Lipinski definition) is 0. The third-order valence-electron chi connectivity index (χ3n) is 6.19. The maximum Gasteiger partial charge on any atom is 0.266 e. The maximum atomic E-state index is 13.5. The standard InChI is InChI=1S/C29H25N3OS2/c1-19-14-15-20(2)25(16-19)27-23(18-31(30-27)24-12-8-5-9-13-24)17-26-28(33)32(29(34)35-26)21(3)22-10-6-4-7-11-22/h4-18,21H,1-3H3/b26-17+/t21-/m0/s1. The highest BCUT2D eigenvalue weighted by atomic mass is 32.2. The molecule has 1 amide bonds. The zero-order valence-electron chi connectivity index (χ0n) is 19.8. The van der Waals surface area contributed by atoms with Crippen LogP contribution in [0.15, 0.2) is 90.0 Å². The van der Waals surface area contributed by atoms with Gasteiger partial charge in [0.05, 0.1) is 16.6 Å². The van der Waals surface area contributed by atoms with Gasteiger partial charge in [0.15, 0.2) is 0 Å². The Morgan fingerprint density at radius 2 is 1.66 bits per heavy atom. The van der Waals surface area contributed by atoms with Gasteiger partial charge in [0.2, 0.25) is 0 Å². The molecule has 5 rings (SSSR count). The molecule has 0 aliphatic carbocycles. The molecule has 1 atom stereocenters. The van der Waals surface area contributed by atoms with Crippen LogP contribution < -0.4 is 0 Å². The Morgan fingerprint density at radius 1 is 0.971 bits per heavy atom. The van der Waals surface area contributed by atoms with E-state index in [0.29, 0.717) is 9.23 Å². The molecular weight excluding hydrogens is 470 g/mol. The number of amides is 1. The predicted molar refractivity (Wildman–Crippen MR) is 148 cm³/mol. The summed E-state index contributed by atoms with van der Waals surface area (Å²) in [5.74, 6) is -0.0734. The quantitative estimate of drug-likeness (QED) is 0.218. The Labute approximate surface area is 215 Å². The molecule has 0 radical (unpaired) electrons. The van der Waals surface area contributed by atoms with Crippen LogP contribution >= 0.6 is 24.0 Å². The minimum Gasteiger partial charge on any atom is -0.286 e. The Hall–Kier alpha value is -3.48. The van der Waals surface area contributed by atoms with E-state index in [2.05, 4.69) is 32.0 Å². The maximum absolute atomic E-state index is 13.5. The minimum atomic E-state index is -0.139. The highest BCUT2D eigenvalue weighted by molar-refractivity contribution is 8.26. The first-order valence-electron chi connectivity index (χ1n) is 11.5. The molecule has 0 saturated carbocycles. The average Bonchev–Trinajstić information content (AvgIpc) is 3.41. The Kier molecular flexibility index (Phi) is 6.41. The number of aromatic nitrogens is 2. The first-order valence-corrected chi connectivity index (χ1v) is 12.7. The summed E-state index contributed by atoms with van der Waals surface area (Å²) >= 11 is 6.99. The lowest BCUT2D eigenvalue weighted by Gasteiger charge is -2.23. The number of benzene rings is 3. The monoisotopic (exact) mass is 495 g/mol. The van der Waals surface area contributed by atoms with Crippen molar-refractivity contribution in [3.8, 4) is 16.9 Å². The van der Waals surface area contributed by atoms with Crippen LogP contribution in [0.5, 0.6) is 0 Å². The second-order valence-corrected chi connectivity index (χ2v) is 10.3. The largest absolute Gasteiger partial charge is 0.286 e. The number of nitrogens with zero attached hydrogens (tertiary/aromatic N) is 3. The van der Waals surface area contributed by atoms with Gasteiger partial charge >= 0.3 is 0 Å². The van der Waals surface area contributed by atoms with Crippen molar-refractivity contribution in [1.29, 1.82) is 0 Å². The fraction of sp³-hybridized carbons (Fsp3) is 0.138. The summed E-state index contributed by atoms with van der Waals surface area (Å²) < 4.78 is 2.44. The molecule has 0 N–H and O–H groups in total. The lowest BCUT2D eigenvalue weighted by Crippen LogP contribution is -2.30. The van der Waals surface area contributed by atoms with Crippen molar-refractivity contribution in [3.05, 3.63) is 112 Å². The second-order valence-electron chi connectivity index (χ2n) is 8.67. The van der Waals surface area contributed by atoms with Crippen molar-refractivity contribution in [2.24, 2.45) is 0 Å². The van der Waals surface area contributed by atoms with E-state index in [1.807, 2.05) is 84.5 Å². The Balaban J connectivity index is 1.58. The molecule has 0 spiro atoms. The van der Waals surface area contributed by atoms with Crippen LogP contribution in [0.1, 0.15) is 35.2 Å². The van der Waals surface area contributed by atoms with Crippen molar-refractivity contribution in [1.82, 2.24) is 14.7 Å². The second kappa shape index (κ2) is 9.64. The number of thioether (sulfide) groups is 1. The van der Waals surface area contributed by atoms with Gasteiger partial charge in [0, 0.05) is 17.3 Å². The highest BCUT2D eigenvalue weighted by Crippen LogP contribution is 2.39. The zero-order valence-corrected chi connectivity index (χ0v) is 21.4. The molecule has 0 bridgehead atoms. The molecule has 2 heterocycles. The molecule has 6 heteroatoms. The number of rotatable bonds is 5. The SMILES string of the molecule is Cc1ccc(C)c(-c2nn(-c3ccccc3)cc2/C=C2/SC(=S)N([C@@H](C)c3ccccc3)C2=O)c1. The van der Waals surface area contributed by atoms with Crippen LogP contribution in [-0.4, -0.2) is 24.9 Å². The minimum absolute atomic E-state index is 0.0734. The van der Waals surface area contributed by atoms with Crippen LogP contribution in [-0.2, 0) is 4.79 Å². The van der Waals surface area contributed by atoms with E-state index >= 15 is 0 Å². The number of aryl methyl sites for hydroxylation is 2. The number of para-hydroxylation sites is 1. The molecule has 0 unspecified atom stereocenters. The van der Waals surface area contributed by atoms with Crippen molar-refractivity contribution in [3.63, 3.8) is 0 Å². The summed E-state index contributed by atoms with van der Waals surface area (Å²) in [6.07, 6.45) is 3.92. The fourth-order valence-electron chi connectivity index (χ4n) is 4.24. The zero-order chi connectivity index (χ0) is 24.5. The molecule has 1 fully saturated rings. The van der Waals surface area contributed by atoms with Crippen molar-refractivity contribution >= 4 is 40.3 Å². The summed E-state index contributed by atoms with van der Waals surface area (Å²) in [5.41, 5.74) is 7.09. The van der Waals surface area contributed by atoms with E-state index in [9.17, 15) is 4.79 Å². The van der Waals surface area contributed by atoms with Crippen molar-refractivity contribution in [2.45, 2.75) is 26.8 Å². The van der Waals surface area contributed by atoms with Gasteiger partial charge in [-0.15, -0.1) is 0 Å². The molecule has 1 saturated heterocycles. The Morgan fingerprint density at radius 3 is 2.37 bits per heavy atom. The average molecular weight is 496 g/mol. The first kappa shape index (κ1) is 23.3. The summed E-state index contributed by atoms with van der Waals surface area (Å²) in [6.45, 7) is 6.17. The van der Waals surface area contributed by atoms with E-state index in [1.165, 1.54) is 11.8 Å². The van der Waals surface area contributed by atoms with Gasteiger partial charge in [0.25, 0.3) is 5.91 Å². The molecule has 174 valence electrons. The third-order valence-corrected chi connectivity index (χ3v) is 7.52. The van der Waals surface area contributed by atoms with Gasteiger partial charge in [-0.2, -0.15) is 5.10 Å². The van der Waals surface area contributed by atoms with E-state index in [4.69, 9.17) is 17.3 Å². The molecule has 1 aromatic heterocycles. The number of hydrogen-bond acceptors (Lipinski definition) is 4. The van der Waals surface area contributed by atoms with Crippen molar-refractivity contribution < 1.29 is 4.79 Å². The van der Waals surface area contributed by atoms with Gasteiger partial charge in [-0.25, -0.2) is 4.68 Å². The van der Waals surface area contributed by atoms with Crippen LogP contribution in [0.25, 0.3) is 23.0 Å². The number of thiocarbonyl (C=S) groups is 1. The molecule has 1 aliphatic rings. The van der Waals surface area contributed by atoms with E-state index in [-0.39, 0.29) is 11.9 Å². The van der Waals surface area contributed by atoms with Gasteiger partial charge < -0.3 is 0 Å². The van der Waals surface area contributed by atoms with Crippen LogP contribution in [0.4, 0.5) is 0 Å². The predicted octanol–water partition coefficient (Wildman–Crippen LogP) is 7.12. The molecule has 1 aliphatic heterocycles. The van der Waals surface area contributed by atoms with Crippen LogP contribution in [0.3, 0.4) is 0 Å². The first-order chi connectivity index (χ1) is 16.9. The van der Waals surface area contributed by atoms with Gasteiger partial charge in [-0.1, -0.05) is 90.2 Å². The summed E-state index contributed by atoms with van der Waals surface area (Å²) in [5, 5.41) is 4.95. The number of carbonyl (C=O) groups excluding carboxylic acids is 1. The van der Waals surface area contributed by atoms with E-state index in [1.54, 1.807) is 4.90 Å². The normalized spacial score (nSPS) is 15.7. The fourth-order valence-corrected chi connectivity index (χ4v) is 5.65. The van der Waals surface area contributed by atoms with Gasteiger partial charge in [-0.3, -0.25) is 9.69 Å². The molecule has 4 aromatic rings. The lowest BCUT2D eigenvalue weighted by atomic mass is 10.00. The van der Waals surface area contributed by atoms with E-state index < -0.39 is 0 Å². The lowest BCUT2D eigenvalue weighted by molar-refractivity contribution is -0.123. The third kappa shape index (κ3) is 4.59. The topological polar surface area (TPSA) is 38.1 Å². The van der Waals surface area contributed by atoms with Crippen LogP contribution in [0.2, 0.25) is 0 Å². The van der Waals surface area contributed by atoms with Gasteiger partial charge in [0.1, 0.15) is 10.0 Å². The molecule has 35 heavy (non-hydrogen) atoms. The van der Waals surface area contributed by atoms with E-state index in [0.717, 1.165) is 39.2 Å². The summed E-state index contributed by atoms with van der Waals surface area (Å²) in [4.78, 5) is 15.8. The van der Waals surface area contributed by atoms with Gasteiger partial charge in [-0.05, 0) is 56.2 Å². The summed E-state index contributed by atoms with van der Waals surface area (Å²) in [7, 11) is 0. The Bertz CT molecular complexity index is 1440. The summed E-state index contributed by atoms with van der Waals surface area (Å²) in [6, 6.07) is 26.2. The molecule has 4 nitrogen and oxygen atoms in total. The van der Waals surface area contributed by atoms with Crippen LogP contribution in [0, 0.1) is 13.8 Å². The van der Waals surface area contributed by atoms with Crippen molar-refractivity contribution in [2.75, 3.05) is 0 Å². The smallest absolute Gasteiger partial charge is 0.266 e. The number of carbonyl (C=O) groups is 1. The molecular formula is C29H25N3OS2. The highest BCUT2D eigenvalue weighted by Gasteiger charge is 2.36. The molecule has 3 aromatic carbocycles.